The molecule has 2 aromatic carbocycles. The van der Waals surface area contributed by atoms with Gasteiger partial charge < -0.3 is 23.9 Å². The number of aromatic nitrogens is 5. The van der Waals surface area contributed by atoms with Gasteiger partial charge in [-0.2, -0.15) is 5.10 Å². The van der Waals surface area contributed by atoms with Crippen LogP contribution < -0.4 is 9.47 Å². The summed E-state index contributed by atoms with van der Waals surface area (Å²) in [6.07, 6.45) is 0.789. The van der Waals surface area contributed by atoms with Gasteiger partial charge in [-0.05, 0) is 48.4 Å². The molecule has 0 spiro atoms. The minimum absolute atomic E-state index is 0.00302. The van der Waals surface area contributed by atoms with Gasteiger partial charge in [-0.25, -0.2) is 28.2 Å². The number of halogens is 2. The molecule has 5 aromatic rings. The number of methoxy groups -OCH3 is 1. The predicted molar refractivity (Wildman–Crippen MR) is 148 cm³/mol. The smallest absolute Gasteiger partial charge is 0.335 e. The van der Waals surface area contributed by atoms with Crippen LogP contribution in [0.15, 0.2) is 54.6 Å². The minimum Gasteiger partial charge on any atom is -0.481 e. The summed E-state index contributed by atoms with van der Waals surface area (Å²) < 4.78 is 50.8. The van der Waals surface area contributed by atoms with Crippen molar-refractivity contribution >= 4 is 17.0 Å². The highest BCUT2D eigenvalue weighted by Crippen LogP contribution is 2.29. The summed E-state index contributed by atoms with van der Waals surface area (Å²) in [5.41, 5.74) is 2.22. The number of aromatic carboxylic acids is 1. The molecule has 12 heteroatoms. The molecule has 3 aromatic heterocycles. The van der Waals surface area contributed by atoms with Crippen molar-refractivity contribution in [2.24, 2.45) is 7.05 Å². The zero-order valence-electron chi connectivity index (χ0n) is 22.9. The molecule has 42 heavy (non-hydrogen) atoms. The zero-order valence-corrected chi connectivity index (χ0v) is 22.9. The van der Waals surface area contributed by atoms with E-state index in [1.54, 1.807) is 49.2 Å². The Bertz CT molecular complexity index is 1800. The van der Waals surface area contributed by atoms with Crippen LogP contribution in [0.5, 0.6) is 11.8 Å². The van der Waals surface area contributed by atoms with Gasteiger partial charge >= 0.3 is 5.97 Å². The maximum Gasteiger partial charge on any atom is 0.335 e. The number of ether oxygens (including phenoxy) is 3. The van der Waals surface area contributed by atoms with E-state index in [4.69, 9.17) is 14.2 Å². The number of pyridine rings is 1. The molecule has 1 aliphatic rings. The van der Waals surface area contributed by atoms with E-state index in [1.165, 1.54) is 12.1 Å². The highest BCUT2D eigenvalue weighted by atomic mass is 19.1. The predicted octanol–water partition coefficient (Wildman–Crippen LogP) is 4.78. The molecule has 1 N–H and O–H groups in total. The number of hydrogen-bond donors (Lipinski definition) is 1. The molecular weight excluding hydrogens is 548 g/mol. The molecule has 0 saturated carbocycles. The maximum absolute atomic E-state index is 15.5. The fourth-order valence-corrected chi connectivity index (χ4v) is 4.93. The molecule has 0 amide bonds. The van der Waals surface area contributed by atoms with Crippen LogP contribution in [0, 0.1) is 11.6 Å². The Hall–Kier alpha value is -4.84. The van der Waals surface area contributed by atoms with Gasteiger partial charge in [0, 0.05) is 37.8 Å². The molecule has 1 saturated heterocycles. The average molecular weight is 576 g/mol. The number of imidazole rings is 1. The maximum atomic E-state index is 15.5. The van der Waals surface area contributed by atoms with Crippen LogP contribution >= 0.6 is 0 Å². The fraction of sp³-hybridized carbons (Fsp3) is 0.267. The first kappa shape index (κ1) is 27.3. The first-order chi connectivity index (χ1) is 20.3. The Balaban J connectivity index is 1.26. The number of benzene rings is 2. The normalized spacial score (nSPS) is 14.6. The van der Waals surface area contributed by atoms with Crippen molar-refractivity contribution in [3.63, 3.8) is 0 Å². The summed E-state index contributed by atoms with van der Waals surface area (Å²) >= 11 is 0. The number of fused-ring (bicyclic) bond motifs is 1. The lowest BCUT2D eigenvalue weighted by molar-refractivity contribution is -0.0589. The number of nitrogens with zero attached hydrogens (tertiary/aromatic N) is 5. The Labute approximate surface area is 239 Å². The summed E-state index contributed by atoms with van der Waals surface area (Å²) in [6, 6.07) is 13.5. The molecule has 216 valence electrons. The third-order valence-corrected chi connectivity index (χ3v) is 7.20. The molecule has 1 aliphatic heterocycles. The molecule has 0 bridgehead atoms. The van der Waals surface area contributed by atoms with Crippen LogP contribution in [0.4, 0.5) is 8.78 Å². The standard InChI is InChI=1S/C30H27F2N5O5/c1-36-29(40-2)13-19(35-36)16-42-28-5-3-4-24(34-28)21-14-22(31)18(10-23(21)32)12-27-33-25-7-6-17(30(38)39)11-26(25)37(27)15-20-8-9-41-20/h3-7,10-11,13-14,20H,8-9,12,15-16H2,1-2H3,(H,38,39)/t20-/m0/s1. The summed E-state index contributed by atoms with van der Waals surface area (Å²) in [4.78, 5) is 20.5. The van der Waals surface area contributed by atoms with Gasteiger partial charge in [-0.15, -0.1) is 0 Å². The summed E-state index contributed by atoms with van der Waals surface area (Å²) in [7, 11) is 3.29. The first-order valence-corrected chi connectivity index (χ1v) is 13.3. The molecule has 0 radical (unpaired) electrons. The number of carboxylic acids is 1. The van der Waals surface area contributed by atoms with Crippen LogP contribution in [0.3, 0.4) is 0 Å². The number of hydrogen-bond acceptors (Lipinski definition) is 7. The first-order valence-electron chi connectivity index (χ1n) is 13.3. The van der Waals surface area contributed by atoms with Crippen LogP contribution in [-0.2, 0) is 31.4 Å². The van der Waals surface area contributed by atoms with Crippen LogP contribution in [0.1, 0.15) is 33.9 Å². The van der Waals surface area contributed by atoms with Crippen molar-refractivity contribution < 1.29 is 32.9 Å². The second-order valence-electron chi connectivity index (χ2n) is 9.98. The van der Waals surface area contributed by atoms with Gasteiger partial charge in [0.05, 0.1) is 42.0 Å². The lowest BCUT2D eigenvalue weighted by atomic mass is 10.0. The Morgan fingerprint density at radius 3 is 2.67 bits per heavy atom. The molecule has 1 atom stereocenters. The van der Waals surface area contributed by atoms with E-state index in [-0.39, 0.29) is 47.4 Å². The lowest BCUT2D eigenvalue weighted by Gasteiger charge is -2.27. The van der Waals surface area contributed by atoms with Gasteiger partial charge in [-0.3, -0.25) is 0 Å². The van der Waals surface area contributed by atoms with E-state index < -0.39 is 17.6 Å². The number of carboxylic acid groups (broad SMARTS) is 1. The van der Waals surface area contributed by atoms with Gasteiger partial charge in [0.2, 0.25) is 11.8 Å². The van der Waals surface area contributed by atoms with E-state index in [0.717, 1.165) is 18.6 Å². The topological polar surface area (TPSA) is 114 Å². The summed E-state index contributed by atoms with van der Waals surface area (Å²) in [5.74, 6) is -1.05. The highest BCUT2D eigenvalue weighted by molar-refractivity contribution is 5.92. The van der Waals surface area contributed by atoms with Crippen molar-refractivity contribution in [3.05, 3.63) is 88.9 Å². The molecule has 0 aliphatic carbocycles. The van der Waals surface area contributed by atoms with Crippen molar-refractivity contribution in [2.45, 2.75) is 32.1 Å². The molecule has 1 fully saturated rings. The Kier molecular flexibility index (Phi) is 7.29. The van der Waals surface area contributed by atoms with Crippen molar-refractivity contribution in [1.82, 2.24) is 24.3 Å². The monoisotopic (exact) mass is 575 g/mol. The fourth-order valence-electron chi connectivity index (χ4n) is 4.93. The minimum atomic E-state index is -1.06. The lowest BCUT2D eigenvalue weighted by Crippen LogP contribution is -2.31. The van der Waals surface area contributed by atoms with Crippen LogP contribution in [-0.4, -0.2) is 55.2 Å². The molecular formula is C30H27F2N5O5. The van der Waals surface area contributed by atoms with Gasteiger partial charge in [0.1, 0.15) is 29.8 Å². The van der Waals surface area contributed by atoms with Gasteiger partial charge in [-0.1, -0.05) is 6.07 Å². The SMILES string of the molecule is COc1cc(COc2cccc(-c3cc(F)c(Cc4nc5ccc(C(=O)O)cc5n4C[C@@H]4CCO4)cc3F)n2)nn1C. The van der Waals surface area contributed by atoms with Crippen molar-refractivity contribution in [1.29, 1.82) is 0 Å². The van der Waals surface area contributed by atoms with E-state index in [0.29, 0.717) is 41.6 Å². The number of carbonyl (C=O) groups is 1. The van der Waals surface area contributed by atoms with Crippen molar-refractivity contribution in [3.8, 4) is 23.0 Å². The molecule has 6 rings (SSSR count). The Morgan fingerprint density at radius 1 is 1.12 bits per heavy atom. The van der Waals surface area contributed by atoms with E-state index >= 15 is 8.78 Å². The highest BCUT2D eigenvalue weighted by Gasteiger charge is 2.24. The third-order valence-electron chi connectivity index (χ3n) is 7.20. The quantitative estimate of drug-likeness (QED) is 0.253. The van der Waals surface area contributed by atoms with Gasteiger partial charge in [0.25, 0.3) is 0 Å². The summed E-state index contributed by atoms with van der Waals surface area (Å²) in [5, 5.41) is 13.7. The molecule has 0 unspecified atom stereocenters. The second kappa shape index (κ2) is 11.2. The molecule has 4 heterocycles. The van der Waals surface area contributed by atoms with Gasteiger partial charge in [0.15, 0.2) is 0 Å². The van der Waals surface area contributed by atoms with E-state index in [1.807, 2.05) is 4.57 Å². The number of aryl methyl sites for hydroxylation is 1. The third kappa shape index (κ3) is 5.40. The number of rotatable bonds is 10. The average Bonchev–Trinajstić information content (AvgIpc) is 3.49. The van der Waals surface area contributed by atoms with E-state index in [9.17, 15) is 9.90 Å². The van der Waals surface area contributed by atoms with Crippen LogP contribution in [0.2, 0.25) is 0 Å². The molecule has 10 nitrogen and oxygen atoms in total. The van der Waals surface area contributed by atoms with Crippen LogP contribution in [0.25, 0.3) is 22.3 Å². The second-order valence-corrected chi connectivity index (χ2v) is 9.98. The van der Waals surface area contributed by atoms with Crippen molar-refractivity contribution in [2.75, 3.05) is 13.7 Å². The largest absolute Gasteiger partial charge is 0.481 e. The summed E-state index contributed by atoms with van der Waals surface area (Å²) in [6.45, 7) is 1.19. The zero-order chi connectivity index (χ0) is 29.4. The Morgan fingerprint density at radius 2 is 1.95 bits per heavy atom. The van der Waals surface area contributed by atoms with E-state index in [2.05, 4.69) is 15.1 Å².